The lowest BCUT2D eigenvalue weighted by Gasteiger charge is -2.07. The number of ether oxygens (including phenoxy) is 2. The van der Waals surface area contributed by atoms with Crippen molar-refractivity contribution < 1.29 is 14.6 Å². The van der Waals surface area contributed by atoms with Crippen LogP contribution in [-0.2, 0) is 9.47 Å². The number of rotatable bonds is 3. The minimum Gasteiger partial charge on any atom is -0.459 e. The fourth-order valence-corrected chi connectivity index (χ4v) is 0.802. The summed E-state index contributed by atoms with van der Waals surface area (Å²) < 4.78 is 10.2. The summed E-state index contributed by atoms with van der Waals surface area (Å²) in [6, 6.07) is 0. The van der Waals surface area contributed by atoms with Gasteiger partial charge in [-0.1, -0.05) is 12.2 Å². The van der Waals surface area contributed by atoms with Gasteiger partial charge in [0.25, 0.3) is 0 Å². The van der Waals surface area contributed by atoms with Gasteiger partial charge in [-0.2, -0.15) is 0 Å². The second-order valence-electron chi connectivity index (χ2n) is 2.23. The summed E-state index contributed by atoms with van der Waals surface area (Å²) in [5.74, 6) is 0.500. The Bertz CT molecular complexity index is 172. The van der Waals surface area contributed by atoms with Gasteiger partial charge in [-0.15, -0.1) is 0 Å². The third kappa shape index (κ3) is 2.27. The number of aliphatic hydroxyl groups is 1. The Morgan fingerprint density at radius 2 is 2.55 bits per heavy atom. The summed E-state index contributed by atoms with van der Waals surface area (Å²) in [5, 5.41) is 8.62. The molecule has 1 heterocycles. The fraction of sp³-hybridized carbons (Fsp3) is 0.500. The van der Waals surface area contributed by atoms with Crippen LogP contribution < -0.4 is 0 Å². The lowest BCUT2D eigenvalue weighted by atomic mass is 10.4. The highest BCUT2D eigenvalue weighted by molar-refractivity contribution is 4.93. The van der Waals surface area contributed by atoms with Crippen LogP contribution in [0.2, 0.25) is 0 Å². The van der Waals surface area contributed by atoms with Crippen LogP contribution in [0.1, 0.15) is 13.3 Å². The van der Waals surface area contributed by atoms with E-state index in [1.807, 2.05) is 19.1 Å². The molecular formula is C8H12O3. The zero-order valence-electron chi connectivity index (χ0n) is 6.49. The fourth-order valence-electron chi connectivity index (χ4n) is 0.802. The highest BCUT2D eigenvalue weighted by Gasteiger charge is 2.16. The Hall–Kier alpha value is -0.960. The summed E-state index contributed by atoms with van der Waals surface area (Å²) >= 11 is 0. The largest absolute Gasteiger partial charge is 0.459 e. The molecular weight excluding hydrogens is 144 g/mol. The highest BCUT2D eigenvalue weighted by Crippen LogP contribution is 2.16. The normalized spacial score (nSPS) is 23.1. The molecule has 0 spiro atoms. The van der Waals surface area contributed by atoms with Gasteiger partial charge in [0.1, 0.15) is 12.9 Å². The van der Waals surface area contributed by atoms with Gasteiger partial charge in [0.05, 0.1) is 0 Å². The first-order valence-electron chi connectivity index (χ1n) is 3.60. The van der Waals surface area contributed by atoms with Crippen LogP contribution in [-0.4, -0.2) is 18.0 Å². The predicted molar refractivity (Wildman–Crippen MR) is 40.6 cm³/mol. The molecule has 62 valence electrons. The Morgan fingerprint density at radius 3 is 3.09 bits per heavy atom. The monoisotopic (exact) mass is 156 g/mol. The molecule has 0 radical (unpaired) electrons. The molecule has 1 unspecified atom stereocenters. The van der Waals surface area contributed by atoms with Crippen LogP contribution in [0.5, 0.6) is 0 Å². The van der Waals surface area contributed by atoms with Gasteiger partial charge in [-0.05, 0) is 6.92 Å². The molecule has 0 saturated carbocycles. The van der Waals surface area contributed by atoms with Crippen molar-refractivity contribution in [3.8, 4) is 0 Å². The first kappa shape index (κ1) is 8.14. The lowest BCUT2D eigenvalue weighted by Crippen LogP contribution is -2.07. The van der Waals surface area contributed by atoms with E-state index >= 15 is 0 Å². The SMILES string of the molecule is CC=CCC1OC=C(CO)O1. The van der Waals surface area contributed by atoms with Crippen LogP contribution in [0.3, 0.4) is 0 Å². The molecule has 3 nitrogen and oxygen atoms in total. The molecule has 0 aromatic heterocycles. The molecule has 0 saturated heterocycles. The summed E-state index contributed by atoms with van der Waals surface area (Å²) in [6.07, 6.45) is 5.82. The minimum atomic E-state index is -0.242. The lowest BCUT2D eigenvalue weighted by molar-refractivity contribution is -0.0335. The van der Waals surface area contributed by atoms with Crippen molar-refractivity contribution >= 4 is 0 Å². The zero-order valence-corrected chi connectivity index (χ0v) is 6.49. The van der Waals surface area contributed by atoms with Crippen molar-refractivity contribution in [2.75, 3.05) is 6.61 Å². The van der Waals surface area contributed by atoms with Crippen LogP contribution in [0, 0.1) is 0 Å². The molecule has 0 bridgehead atoms. The van der Waals surface area contributed by atoms with Crippen LogP contribution in [0.25, 0.3) is 0 Å². The maximum atomic E-state index is 8.62. The maximum Gasteiger partial charge on any atom is 0.243 e. The molecule has 0 aliphatic carbocycles. The predicted octanol–water partition coefficient (Wildman–Crippen LogP) is 1.16. The zero-order chi connectivity index (χ0) is 8.10. The second kappa shape index (κ2) is 4.03. The van der Waals surface area contributed by atoms with Crippen molar-refractivity contribution in [1.82, 2.24) is 0 Å². The Morgan fingerprint density at radius 1 is 1.73 bits per heavy atom. The number of allylic oxidation sites excluding steroid dienone is 1. The van der Waals surface area contributed by atoms with Crippen molar-refractivity contribution in [2.24, 2.45) is 0 Å². The van der Waals surface area contributed by atoms with Crippen LogP contribution in [0.4, 0.5) is 0 Å². The molecule has 11 heavy (non-hydrogen) atoms. The van der Waals surface area contributed by atoms with E-state index in [1.54, 1.807) is 0 Å². The first-order chi connectivity index (χ1) is 5.36. The summed E-state index contributed by atoms with van der Waals surface area (Å²) in [7, 11) is 0. The van der Waals surface area contributed by atoms with E-state index in [1.165, 1.54) is 6.26 Å². The maximum absolute atomic E-state index is 8.62. The topological polar surface area (TPSA) is 38.7 Å². The van der Waals surface area contributed by atoms with E-state index < -0.39 is 0 Å². The van der Waals surface area contributed by atoms with E-state index in [-0.39, 0.29) is 12.9 Å². The molecule has 1 atom stereocenters. The third-order valence-electron chi connectivity index (χ3n) is 1.35. The van der Waals surface area contributed by atoms with Crippen molar-refractivity contribution in [2.45, 2.75) is 19.6 Å². The summed E-state index contributed by atoms with van der Waals surface area (Å²) in [5.41, 5.74) is 0. The van der Waals surface area contributed by atoms with Crippen LogP contribution >= 0.6 is 0 Å². The Balaban J connectivity index is 2.24. The van der Waals surface area contributed by atoms with Gasteiger partial charge in [-0.3, -0.25) is 0 Å². The molecule has 3 heteroatoms. The molecule has 1 rings (SSSR count). The van der Waals surface area contributed by atoms with Crippen molar-refractivity contribution in [1.29, 1.82) is 0 Å². The van der Waals surface area contributed by atoms with Gasteiger partial charge in [0, 0.05) is 6.42 Å². The Kier molecular flexibility index (Phi) is 2.98. The van der Waals surface area contributed by atoms with Gasteiger partial charge >= 0.3 is 0 Å². The standard InChI is InChI=1S/C8H12O3/c1-2-3-4-8-10-6-7(5-9)11-8/h2-3,6,8-9H,4-5H2,1H3. The molecule has 0 amide bonds. The van der Waals surface area contributed by atoms with Gasteiger partial charge < -0.3 is 14.6 Å². The molecule has 0 fully saturated rings. The molecule has 0 aromatic rings. The number of aliphatic hydroxyl groups excluding tert-OH is 1. The summed E-state index contributed by atoms with van der Waals surface area (Å²) in [4.78, 5) is 0. The van der Waals surface area contributed by atoms with Gasteiger partial charge in [-0.25, -0.2) is 0 Å². The molecule has 0 aromatic carbocycles. The molecule has 1 aliphatic rings. The average molecular weight is 156 g/mol. The average Bonchev–Trinajstić information content (AvgIpc) is 2.48. The first-order valence-corrected chi connectivity index (χ1v) is 3.60. The third-order valence-corrected chi connectivity index (χ3v) is 1.35. The second-order valence-corrected chi connectivity index (χ2v) is 2.23. The van der Waals surface area contributed by atoms with E-state index in [9.17, 15) is 0 Å². The minimum absolute atomic E-state index is 0.0909. The molecule has 1 aliphatic heterocycles. The Labute approximate surface area is 65.9 Å². The summed E-state index contributed by atoms with van der Waals surface area (Å²) in [6.45, 7) is 1.85. The number of hydrogen-bond donors (Lipinski definition) is 1. The van der Waals surface area contributed by atoms with Crippen molar-refractivity contribution in [3.05, 3.63) is 24.2 Å². The van der Waals surface area contributed by atoms with E-state index in [2.05, 4.69) is 0 Å². The van der Waals surface area contributed by atoms with E-state index in [4.69, 9.17) is 14.6 Å². The quantitative estimate of drug-likeness (QED) is 0.623. The van der Waals surface area contributed by atoms with Crippen molar-refractivity contribution in [3.63, 3.8) is 0 Å². The van der Waals surface area contributed by atoms with Crippen LogP contribution in [0.15, 0.2) is 24.2 Å². The number of hydrogen-bond acceptors (Lipinski definition) is 3. The smallest absolute Gasteiger partial charge is 0.243 e. The highest BCUT2D eigenvalue weighted by atomic mass is 16.7. The van der Waals surface area contributed by atoms with Gasteiger partial charge in [0.2, 0.25) is 6.29 Å². The molecule has 1 N–H and O–H groups in total. The van der Waals surface area contributed by atoms with E-state index in [0.717, 1.165) is 6.42 Å². The van der Waals surface area contributed by atoms with E-state index in [0.29, 0.717) is 5.76 Å². The van der Waals surface area contributed by atoms with Gasteiger partial charge in [0.15, 0.2) is 5.76 Å².